The molecule has 0 unspecified atom stereocenters. The van der Waals surface area contributed by atoms with Gasteiger partial charge in [-0.1, -0.05) is 28.9 Å². The summed E-state index contributed by atoms with van der Waals surface area (Å²) in [5.74, 6) is 0.268. The van der Waals surface area contributed by atoms with Crippen molar-refractivity contribution in [3.05, 3.63) is 51.6 Å². The predicted octanol–water partition coefficient (Wildman–Crippen LogP) is 2.82. The number of amides is 1. The zero-order valence-corrected chi connectivity index (χ0v) is 18.0. The summed E-state index contributed by atoms with van der Waals surface area (Å²) in [6.45, 7) is 4.83. The number of fused-ring (bicyclic) bond motifs is 1. The molecule has 29 heavy (non-hydrogen) atoms. The van der Waals surface area contributed by atoms with Crippen LogP contribution in [-0.4, -0.2) is 53.5 Å². The second-order valence-electron chi connectivity index (χ2n) is 7.76. The van der Waals surface area contributed by atoms with E-state index in [-0.39, 0.29) is 12.5 Å². The molecular formula is C21H25BrFN5O. The van der Waals surface area contributed by atoms with Gasteiger partial charge >= 0.3 is 0 Å². The van der Waals surface area contributed by atoms with Gasteiger partial charge in [0.05, 0.1) is 5.92 Å². The number of halogens is 2. The molecule has 154 valence electrons. The Hall–Kier alpha value is -2.06. The topological polar surface area (TPSA) is 75.4 Å². The molecule has 1 aromatic heterocycles. The predicted molar refractivity (Wildman–Crippen MR) is 113 cm³/mol. The normalized spacial score (nSPS) is 19.9. The number of anilines is 1. The standard InChI is InChI=1S/C21H25BrFN5O/c1-13-2-5-18-19(13)20(26-12-25-18)27-6-8-28(9-7-27)21(29)16(11-24)15-4-3-14(22)10-17(15)23/h3-4,10,12-13,16H,2,5-9,11,24H2,1H3/t13-,16-/m1/s1. The largest absolute Gasteiger partial charge is 0.353 e. The molecule has 0 spiro atoms. The molecule has 2 N–H and O–H groups in total. The lowest BCUT2D eigenvalue weighted by atomic mass is 9.96. The Morgan fingerprint density at radius 3 is 2.76 bits per heavy atom. The maximum Gasteiger partial charge on any atom is 0.231 e. The second-order valence-corrected chi connectivity index (χ2v) is 8.68. The second kappa shape index (κ2) is 8.36. The van der Waals surface area contributed by atoms with Gasteiger partial charge in [0.25, 0.3) is 0 Å². The smallest absolute Gasteiger partial charge is 0.231 e. The Morgan fingerprint density at radius 2 is 2.07 bits per heavy atom. The minimum absolute atomic E-state index is 0.0779. The maximum atomic E-state index is 14.4. The summed E-state index contributed by atoms with van der Waals surface area (Å²) in [5, 5.41) is 0. The van der Waals surface area contributed by atoms with Crippen molar-refractivity contribution in [3.8, 4) is 0 Å². The average Bonchev–Trinajstić information content (AvgIpc) is 3.11. The Kier molecular flexibility index (Phi) is 5.83. The summed E-state index contributed by atoms with van der Waals surface area (Å²) in [6, 6.07) is 4.75. The molecule has 0 radical (unpaired) electrons. The molecule has 1 saturated heterocycles. The van der Waals surface area contributed by atoms with Crippen LogP contribution in [0.2, 0.25) is 0 Å². The molecule has 1 aromatic carbocycles. The number of benzene rings is 1. The fourth-order valence-electron chi connectivity index (χ4n) is 4.38. The van der Waals surface area contributed by atoms with Crippen molar-refractivity contribution in [3.63, 3.8) is 0 Å². The van der Waals surface area contributed by atoms with Crippen LogP contribution in [0.3, 0.4) is 0 Å². The number of aromatic nitrogens is 2. The minimum Gasteiger partial charge on any atom is -0.353 e. The summed E-state index contributed by atoms with van der Waals surface area (Å²) >= 11 is 3.25. The van der Waals surface area contributed by atoms with Crippen LogP contribution < -0.4 is 10.6 Å². The third-order valence-corrected chi connectivity index (χ3v) is 6.51. The molecule has 1 amide bonds. The van der Waals surface area contributed by atoms with Crippen LogP contribution in [-0.2, 0) is 11.2 Å². The Balaban J connectivity index is 1.47. The van der Waals surface area contributed by atoms with E-state index < -0.39 is 11.7 Å². The van der Waals surface area contributed by atoms with Gasteiger partial charge in [-0.3, -0.25) is 4.79 Å². The van der Waals surface area contributed by atoms with Crippen LogP contribution in [0, 0.1) is 5.82 Å². The van der Waals surface area contributed by atoms with E-state index in [0.717, 1.165) is 24.4 Å². The van der Waals surface area contributed by atoms with Crippen LogP contribution in [0.1, 0.15) is 42.0 Å². The first kappa shape index (κ1) is 20.2. The molecule has 1 fully saturated rings. The van der Waals surface area contributed by atoms with Crippen LogP contribution >= 0.6 is 15.9 Å². The van der Waals surface area contributed by atoms with E-state index in [9.17, 15) is 9.18 Å². The molecule has 2 heterocycles. The minimum atomic E-state index is -0.669. The van der Waals surface area contributed by atoms with E-state index >= 15 is 0 Å². The van der Waals surface area contributed by atoms with Crippen molar-refractivity contribution in [2.75, 3.05) is 37.6 Å². The number of carbonyl (C=O) groups excluding carboxylic acids is 1. The first-order valence-corrected chi connectivity index (χ1v) is 10.8. The zero-order chi connectivity index (χ0) is 20.5. The number of nitrogens with two attached hydrogens (primary N) is 1. The van der Waals surface area contributed by atoms with Crippen molar-refractivity contribution < 1.29 is 9.18 Å². The van der Waals surface area contributed by atoms with Gasteiger partial charge in [-0.05, 0) is 30.9 Å². The maximum absolute atomic E-state index is 14.4. The van der Waals surface area contributed by atoms with Crippen molar-refractivity contribution in [2.45, 2.75) is 31.6 Å². The molecule has 0 saturated carbocycles. The van der Waals surface area contributed by atoms with E-state index in [4.69, 9.17) is 5.73 Å². The van der Waals surface area contributed by atoms with Gasteiger partial charge in [-0.25, -0.2) is 14.4 Å². The van der Waals surface area contributed by atoms with Gasteiger partial charge < -0.3 is 15.5 Å². The fraction of sp³-hybridized carbons (Fsp3) is 0.476. The summed E-state index contributed by atoms with van der Waals surface area (Å²) in [4.78, 5) is 26.1. The molecule has 1 aliphatic carbocycles. The van der Waals surface area contributed by atoms with Crippen LogP contribution in [0.15, 0.2) is 29.0 Å². The van der Waals surface area contributed by atoms with Crippen LogP contribution in [0.5, 0.6) is 0 Å². The number of hydrogen-bond donors (Lipinski definition) is 1. The summed E-state index contributed by atoms with van der Waals surface area (Å²) in [6.07, 6.45) is 3.75. The molecule has 4 rings (SSSR count). The Morgan fingerprint density at radius 1 is 1.31 bits per heavy atom. The molecular weight excluding hydrogens is 437 g/mol. The number of rotatable bonds is 4. The van der Waals surface area contributed by atoms with E-state index in [1.165, 1.54) is 11.6 Å². The van der Waals surface area contributed by atoms with Crippen molar-refractivity contribution >= 4 is 27.7 Å². The number of aryl methyl sites for hydroxylation is 1. The molecule has 2 atom stereocenters. The lowest BCUT2D eigenvalue weighted by Crippen LogP contribution is -2.51. The quantitative estimate of drug-likeness (QED) is 0.757. The van der Waals surface area contributed by atoms with Crippen molar-refractivity contribution in [1.29, 1.82) is 0 Å². The molecule has 2 aliphatic rings. The molecule has 6 nitrogen and oxygen atoms in total. The molecule has 0 bridgehead atoms. The highest BCUT2D eigenvalue weighted by Gasteiger charge is 2.32. The van der Waals surface area contributed by atoms with E-state index in [2.05, 4.69) is 37.7 Å². The summed E-state index contributed by atoms with van der Waals surface area (Å²) in [5.41, 5.74) is 8.62. The van der Waals surface area contributed by atoms with Gasteiger partial charge in [0.1, 0.15) is 18.0 Å². The fourth-order valence-corrected chi connectivity index (χ4v) is 4.71. The first-order valence-electron chi connectivity index (χ1n) is 10.0. The highest BCUT2D eigenvalue weighted by atomic mass is 79.9. The number of nitrogens with zero attached hydrogens (tertiary/aromatic N) is 4. The average molecular weight is 462 g/mol. The summed E-state index contributed by atoms with van der Waals surface area (Å²) < 4.78 is 15.0. The molecule has 2 aromatic rings. The highest BCUT2D eigenvalue weighted by molar-refractivity contribution is 9.10. The lowest BCUT2D eigenvalue weighted by molar-refractivity contribution is -0.133. The van der Waals surface area contributed by atoms with Crippen LogP contribution in [0.4, 0.5) is 10.2 Å². The monoisotopic (exact) mass is 461 g/mol. The van der Waals surface area contributed by atoms with Crippen molar-refractivity contribution in [2.24, 2.45) is 5.73 Å². The molecule has 1 aliphatic heterocycles. The number of hydrogen-bond acceptors (Lipinski definition) is 5. The van der Waals surface area contributed by atoms with Gasteiger partial charge in [-0.15, -0.1) is 0 Å². The third-order valence-electron chi connectivity index (χ3n) is 6.01. The summed E-state index contributed by atoms with van der Waals surface area (Å²) in [7, 11) is 0. The molecule has 8 heteroatoms. The van der Waals surface area contributed by atoms with Gasteiger partial charge in [0.15, 0.2) is 0 Å². The van der Waals surface area contributed by atoms with Gasteiger partial charge in [-0.2, -0.15) is 0 Å². The Bertz CT molecular complexity index is 916. The van der Waals surface area contributed by atoms with Gasteiger partial charge in [0, 0.05) is 54.0 Å². The Labute approximate surface area is 178 Å². The van der Waals surface area contributed by atoms with Crippen LogP contribution in [0.25, 0.3) is 0 Å². The first-order chi connectivity index (χ1) is 14.0. The van der Waals surface area contributed by atoms with Crippen molar-refractivity contribution in [1.82, 2.24) is 14.9 Å². The highest BCUT2D eigenvalue weighted by Crippen LogP contribution is 2.37. The van der Waals surface area contributed by atoms with E-state index in [1.807, 2.05) is 0 Å². The zero-order valence-electron chi connectivity index (χ0n) is 16.4. The lowest BCUT2D eigenvalue weighted by Gasteiger charge is -2.37. The SMILES string of the molecule is C[C@@H]1CCc2ncnc(N3CCN(C(=O)[C@H](CN)c4ccc(Br)cc4F)CC3)c21. The number of piperazine rings is 1. The number of carbonyl (C=O) groups is 1. The van der Waals surface area contributed by atoms with E-state index in [0.29, 0.717) is 42.1 Å². The van der Waals surface area contributed by atoms with Gasteiger partial charge in [0.2, 0.25) is 5.91 Å². The third kappa shape index (κ3) is 3.88. The van der Waals surface area contributed by atoms with E-state index in [1.54, 1.807) is 23.4 Å².